The third-order valence-corrected chi connectivity index (χ3v) is 2.76. The number of aromatic nitrogens is 1. The summed E-state index contributed by atoms with van der Waals surface area (Å²) in [7, 11) is 1.63. The summed E-state index contributed by atoms with van der Waals surface area (Å²) >= 11 is 0. The van der Waals surface area contributed by atoms with E-state index in [0.717, 1.165) is 12.0 Å². The lowest BCUT2D eigenvalue weighted by atomic mass is 10.0. The Kier molecular flexibility index (Phi) is 5.86. The topological polar surface area (TPSA) is 48.1 Å². The molecule has 3 nitrogen and oxygen atoms in total. The van der Waals surface area contributed by atoms with Crippen LogP contribution >= 0.6 is 0 Å². The van der Waals surface area contributed by atoms with E-state index < -0.39 is 0 Å². The molecule has 1 unspecified atom stereocenters. The second-order valence-corrected chi connectivity index (χ2v) is 4.06. The zero-order chi connectivity index (χ0) is 11.8. The van der Waals surface area contributed by atoms with Gasteiger partial charge in [-0.3, -0.25) is 0 Å². The summed E-state index contributed by atoms with van der Waals surface area (Å²) in [5.41, 5.74) is 7.15. The van der Waals surface area contributed by atoms with Gasteiger partial charge in [0.25, 0.3) is 0 Å². The van der Waals surface area contributed by atoms with Crippen molar-refractivity contribution >= 4 is 0 Å². The second kappa shape index (κ2) is 7.23. The minimum absolute atomic E-state index is 0.0421. The number of hydrogen-bond donors (Lipinski definition) is 1. The van der Waals surface area contributed by atoms with E-state index in [1.54, 1.807) is 13.3 Å². The molecule has 1 heterocycles. The SMILES string of the molecule is CCCCCCC(N)c1cccnc1OC. The molecule has 0 radical (unpaired) electrons. The van der Waals surface area contributed by atoms with Gasteiger partial charge in [0.15, 0.2) is 0 Å². The third-order valence-electron chi connectivity index (χ3n) is 2.76. The molecule has 1 aromatic heterocycles. The van der Waals surface area contributed by atoms with Gasteiger partial charge >= 0.3 is 0 Å². The first-order chi connectivity index (χ1) is 7.79. The smallest absolute Gasteiger partial charge is 0.217 e. The molecular formula is C13H22N2O. The van der Waals surface area contributed by atoms with Crippen LogP contribution in [0.5, 0.6) is 5.88 Å². The predicted octanol–water partition coefficient (Wildman–Crippen LogP) is 3.06. The van der Waals surface area contributed by atoms with Gasteiger partial charge in [0, 0.05) is 17.8 Å². The van der Waals surface area contributed by atoms with Gasteiger partial charge in [0.2, 0.25) is 5.88 Å². The molecule has 0 spiro atoms. The predicted molar refractivity (Wildman–Crippen MR) is 66.5 cm³/mol. The maximum Gasteiger partial charge on any atom is 0.217 e. The molecule has 0 aromatic carbocycles. The summed E-state index contributed by atoms with van der Waals surface area (Å²) in [6.45, 7) is 2.21. The van der Waals surface area contributed by atoms with E-state index in [-0.39, 0.29) is 6.04 Å². The minimum atomic E-state index is 0.0421. The highest BCUT2D eigenvalue weighted by atomic mass is 16.5. The van der Waals surface area contributed by atoms with Gasteiger partial charge in [-0.15, -0.1) is 0 Å². The van der Waals surface area contributed by atoms with E-state index in [9.17, 15) is 0 Å². The Balaban J connectivity index is 2.48. The Bertz CT molecular complexity index is 302. The number of pyridine rings is 1. The molecule has 0 aliphatic heterocycles. The van der Waals surface area contributed by atoms with Crippen LogP contribution in [0.4, 0.5) is 0 Å². The van der Waals surface area contributed by atoms with E-state index in [2.05, 4.69) is 11.9 Å². The van der Waals surface area contributed by atoms with Crippen molar-refractivity contribution in [1.82, 2.24) is 4.98 Å². The first-order valence-electron chi connectivity index (χ1n) is 6.04. The number of rotatable bonds is 7. The van der Waals surface area contributed by atoms with E-state index in [1.807, 2.05) is 12.1 Å². The molecule has 0 bridgehead atoms. The van der Waals surface area contributed by atoms with Crippen LogP contribution in [0, 0.1) is 0 Å². The van der Waals surface area contributed by atoms with E-state index in [4.69, 9.17) is 10.5 Å². The summed E-state index contributed by atoms with van der Waals surface area (Å²) < 4.78 is 5.20. The molecule has 0 amide bonds. The fraction of sp³-hybridized carbons (Fsp3) is 0.615. The quantitative estimate of drug-likeness (QED) is 0.721. The van der Waals surface area contributed by atoms with Gasteiger partial charge in [0.1, 0.15) is 0 Å². The summed E-state index contributed by atoms with van der Waals surface area (Å²) in [5.74, 6) is 0.658. The highest BCUT2D eigenvalue weighted by Gasteiger charge is 2.11. The van der Waals surface area contributed by atoms with Crippen molar-refractivity contribution in [2.24, 2.45) is 5.73 Å². The Morgan fingerprint density at radius 1 is 1.38 bits per heavy atom. The average Bonchev–Trinajstić information content (AvgIpc) is 2.34. The Hall–Kier alpha value is -1.09. The molecule has 3 heteroatoms. The fourth-order valence-corrected chi connectivity index (χ4v) is 1.80. The van der Waals surface area contributed by atoms with Crippen molar-refractivity contribution in [1.29, 1.82) is 0 Å². The highest BCUT2D eigenvalue weighted by molar-refractivity contribution is 5.28. The standard InChI is InChI=1S/C13H22N2O/c1-3-4-5-6-9-12(14)11-8-7-10-15-13(11)16-2/h7-8,10,12H,3-6,9,14H2,1-2H3. The van der Waals surface area contributed by atoms with Crippen LogP contribution in [0.25, 0.3) is 0 Å². The number of nitrogens with zero attached hydrogens (tertiary/aromatic N) is 1. The molecule has 2 N–H and O–H groups in total. The number of nitrogens with two attached hydrogens (primary N) is 1. The summed E-state index contributed by atoms with van der Waals surface area (Å²) in [4.78, 5) is 4.16. The van der Waals surface area contributed by atoms with Crippen molar-refractivity contribution in [3.63, 3.8) is 0 Å². The third kappa shape index (κ3) is 3.81. The van der Waals surface area contributed by atoms with Crippen molar-refractivity contribution in [3.8, 4) is 5.88 Å². The maximum absolute atomic E-state index is 6.13. The monoisotopic (exact) mass is 222 g/mol. The lowest BCUT2D eigenvalue weighted by Gasteiger charge is -2.14. The molecular weight excluding hydrogens is 200 g/mol. The first kappa shape index (κ1) is 13.0. The lowest BCUT2D eigenvalue weighted by Crippen LogP contribution is -2.12. The second-order valence-electron chi connectivity index (χ2n) is 4.06. The first-order valence-corrected chi connectivity index (χ1v) is 6.04. The largest absolute Gasteiger partial charge is 0.481 e. The Labute approximate surface area is 98.0 Å². The molecule has 1 atom stereocenters. The zero-order valence-corrected chi connectivity index (χ0v) is 10.3. The molecule has 0 aliphatic rings. The molecule has 0 saturated heterocycles. The van der Waals surface area contributed by atoms with Crippen LogP contribution in [0.1, 0.15) is 50.6 Å². The van der Waals surface area contributed by atoms with Gasteiger partial charge in [-0.1, -0.05) is 38.7 Å². The lowest BCUT2D eigenvalue weighted by molar-refractivity contribution is 0.386. The van der Waals surface area contributed by atoms with E-state index >= 15 is 0 Å². The van der Waals surface area contributed by atoms with Crippen molar-refractivity contribution in [2.45, 2.75) is 45.1 Å². The fourth-order valence-electron chi connectivity index (χ4n) is 1.80. The highest BCUT2D eigenvalue weighted by Crippen LogP contribution is 2.24. The summed E-state index contributed by atoms with van der Waals surface area (Å²) in [5, 5.41) is 0. The molecule has 1 aromatic rings. The minimum Gasteiger partial charge on any atom is -0.481 e. The van der Waals surface area contributed by atoms with Crippen molar-refractivity contribution in [2.75, 3.05) is 7.11 Å². The molecule has 90 valence electrons. The van der Waals surface area contributed by atoms with Gasteiger partial charge in [-0.25, -0.2) is 4.98 Å². The van der Waals surface area contributed by atoms with E-state index in [1.165, 1.54) is 25.7 Å². The van der Waals surface area contributed by atoms with Crippen LogP contribution in [-0.2, 0) is 0 Å². The van der Waals surface area contributed by atoms with Crippen LogP contribution in [0.15, 0.2) is 18.3 Å². The van der Waals surface area contributed by atoms with Gasteiger partial charge < -0.3 is 10.5 Å². The molecule has 0 aliphatic carbocycles. The number of hydrogen-bond acceptors (Lipinski definition) is 3. The summed E-state index contributed by atoms with van der Waals surface area (Å²) in [6, 6.07) is 3.94. The van der Waals surface area contributed by atoms with Crippen LogP contribution in [-0.4, -0.2) is 12.1 Å². The van der Waals surface area contributed by atoms with Crippen LogP contribution in [0.2, 0.25) is 0 Å². The maximum atomic E-state index is 6.13. The number of methoxy groups -OCH3 is 1. The summed E-state index contributed by atoms with van der Waals surface area (Å²) in [6.07, 6.45) is 7.70. The average molecular weight is 222 g/mol. The van der Waals surface area contributed by atoms with Crippen molar-refractivity contribution < 1.29 is 4.74 Å². The Morgan fingerprint density at radius 2 is 2.19 bits per heavy atom. The van der Waals surface area contributed by atoms with E-state index in [0.29, 0.717) is 5.88 Å². The van der Waals surface area contributed by atoms with Crippen molar-refractivity contribution in [3.05, 3.63) is 23.9 Å². The van der Waals surface area contributed by atoms with Gasteiger partial charge in [-0.05, 0) is 12.5 Å². The van der Waals surface area contributed by atoms with Crippen LogP contribution < -0.4 is 10.5 Å². The van der Waals surface area contributed by atoms with Crippen LogP contribution in [0.3, 0.4) is 0 Å². The molecule has 0 saturated carbocycles. The zero-order valence-electron chi connectivity index (χ0n) is 10.3. The Morgan fingerprint density at radius 3 is 2.88 bits per heavy atom. The molecule has 16 heavy (non-hydrogen) atoms. The van der Waals surface area contributed by atoms with Gasteiger partial charge in [0.05, 0.1) is 7.11 Å². The molecule has 1 rings (SSSR count). The number of ether oxygens (including phenoxy) is 1. The number of unbranched alkanes of at least 4 members (excludes halogenated alkanes) is 3. The molecule has 0 fully saturated rings. The normalized spacial score (nSPS) is 12.4. The van der Waals surface area contributed by atoms with Gasteiger partial charge in [-0.2, -0.15) is 0 Å².